The number of hydrogen-bond acceptors (Lipinski definition) is 2. The third kappa shape index (κ3) is 2.62. The summed E-state index contributed by atoms with van der Waals surface area (Å²) in [6.45, 7) is 7.42. The molecule has 0 saturated heterocycles. The highest BCUT2D eigenvalue weighted by Crippen LogP contribution is 2.36. The number of aromatic nitrogens is 2. The van der Waals surface area contributed by atoms with E-state index in [1.165, 1.54) is 28.8 Å². The summed E-state index contributed by atoms with van der Waals surface area (Å²) in [6, 6.07) is 8.99. The number of fused-ring (bicyclic) bond motifs is 1. The number of hydrogen-bond donors (Lipinski definition) is 1. The van der Waals surface area contributed by atoms with Crippen LogP contribution in [0.25, 0.3) is 0 Å². The summed E-state index contributed by atoms with van der Waals surface area (Å²) in [7, 11) is 0. The van der Waals surface area contributed by atoms with Crippen LogP contribution in [0.5, 0.6) is 0 Å². The average molecular weight is 283 g/mol. The van der Waals surface area contributed by atoms with Crippen LogP contribution in [0.4, 0.5) is 0 Å². The molecule has 2 aromatic rings. The van der Waals surface area contributed by atoms with Crippen LogP contribution in [0, 0.1) is 13.8 Å². The highest BCUT2D eigenvalue weighted by Gasteiger charge is 2.27. The van der Waals surface area contributed by atoms with E-state index < -0.39 is 0 Å². The van der Waals surface area contributed by atoms with Crippen molar-refractivity contribution in [2.75, 3.05) is 0 Å². The van der Waals surface area contributed by atoms with E-state index in [4.69, 9.17) is 10.8 Å². The van der Waals surface area contributed by atoms with Gasteiger partial charge in [-0.1, -0.05) is 31.2 Å². The van der Waals surface area contributed by atoms with Gasteiger partial charge in [0, 0.05) is 24.2 Å². The lowest BCUT2D eigenvalue weighted by atomic mass is 9.77. The Kier molecular flexibility index (Phi) is 3.85. The molecule has 1 aromatic heterocycles. The third-order valence-corrected chi connectivity index (χ3v) is 4.88. The van der Waals surface area contributed by atoms with E-state index in [9.17, 15) is 0 Å². The molecule has 1 heterocycles. The SMILES string of the molecule is CCC(N)Cc1c(C)nn(CC2Cc3ccccc32)c1C. The van der Waals surface area contributed by atoms with Gasteiger partial charge in [-0.25, -0.2) is 0 Å². The lowest BCUT2D eigenvalue weighted by Gasteiger charge is -2.30. The molecule has 1 aliphatic carbocycles. The molecule has 0 spiro atoms. The van der Waals surface area contributed by atoms with Crippen molar-refractivity contribution >= 4 is 0 Å². The van der Waals surface area contributed by atoms with Crippen LogP contribution in [0.3, 0.4) is 0 Å². The zero-order valence-corrected chi connectivity index (χ0v) is 13.3. The van der Waals surface area contributed by atoms with E-state index in [-0.39, 0.29) is 6.04 Å². The summed E-state index contributed by atoms with van der Waals surface area (Å²) in [5.41, 5.74) is 12.9. The summed E-state index contributed by atoms with van der Waals surface area (Å²) in [6.07, 6.45) is 3.13. The molecule has 2 N–H and O–H groups in total. The van der Waals surface area contributed by atoms with Gasteiger partial charge in [0.1, 0.15) is 0 Å². The van der Waals surface area contributed by atoms with Gasteiger partial charge >= 0.3 is 0 Å². The highest BCUT2D eigenvalue weighted by molar-refractivity contribution is 5.40. The van der Waals surface area contributed by atoms with Gasteiger partial charge in [0.25, 0.3) is 0 Å². The van der Waals surface area contributed by atoms with E-state index in [1.54, 1.807) is 0 Å². The van der Waals surface area contributed by atoms with Crippen molar-refractivity contribution in [2.24, 2.45) is 5.73 Å². The molecule has 0 amide bonds. The molecule has 1 aromatic carbocycles. The van der Waals surface area contributed by atoms with E-state index in [0.717, 1.165) is 25.1 Å². The van der Waals surface area contributed by atoms with Crippen molar-refractivity contribution in [3.8, 4) is 0 Å². The second-order valence-corrected chi connectivity index (χ2v) is 6.30. The fourth-order valence-electron chi connectivity index (χ4n) is 3.35. The van der Waals surface area contributed by atoms with Crippen molar-refractivity contribution in [2.45, 2.75) is 58.5 Å². The van der Waals surface area contributed by atoms with Crippen molar-refractivity contribution in [1.82, 2.24) is 9.78 Å². The van der Waals surface area contributed by atoms with Gasteiger partial charge in [-0.2, -0.15) is 5.10 Å². The molecule has 2 unspecified atom stereocenters. The minimum Gasteiger partial charge on any atom is -0.327 e. The summed E-state index contributed by atoms with van der Waals surface area (Å²) >= 11 is 0. The summed E-state index contributed by atoms with van der Waals surface area (Å²) < 4.78 is 2.19. The number of nitrogens with two attached hydrogens (primary N) is 1. The first-order valence-corrected chi connectivity index (χ1v) is 7.96. The molecule has 3 nitrogen and oxygen atoms in total. The molecule has 21 heavy (non-hydrogen) atoms. The number of rotatable bonds is 5. The van der Waals surface area contributed by atoms with Crippen LogP contribution in [-0.4, -0.2) is 15.8 Å². The molecule has 0 fully saturated rings. The Morgan fingerprint density at radius 2 is 2.10 bits per heavy atom. The predicted molar refractivity (Wildman–Crippen MR) is 86.6 cm³/mol. The normalized spacial score (nSPS) is 18.2. The Labute approximate surface area is 127 Å². The van der Waals surface area contributed by atoms with E-state index in [0.29, 0.717) is 5.92 Å². The summed E-state index contributed by atoms with van der Waals surface area (Å²) in [4.78, 5) is 0. The van der Waals surface area contributed by atoms with Gasteiger partial charge < -0.3 is 5.73 Å². The molecule has 0 radical (unpaired) electrons. The molecular weight excluding hydrogens is 258 g/mol. The highest BCUT2D eigenvalue weighted by atomic mass is 15.3. The maximum Gasteiger partial charge on any atom is 0.0629 e. The number of aryl methyl sites for hydroxylation is 1. The second-order valence-electron chi connectivity index (χ2n) is 6.30. The van der Waals surface area contributed by atoms with Gasteiger partial charge in [-0.05, 0) is 49.8 Å². The van der Waals surface area contributed by atoms with E-state index in [1.807, 2.05) is 0 Å². The molecule has 2 atom stereocenters. The van der Waals surface area contributed by atoms with Gasteiger partial charge in [0.15, 0.2) is 0 Å². The van der Waals surface area contributed by atoms with E-state index >= 15 is 0 Å². The molecule has 1 aliphatic rings. The number of benzene rings is 1. The Bertz CT molecular complexity index is 642. The maximum absolute atomic E-state index is 6.12. The van der Waals surface area contributed by atoms with Crippen molar-refractivity contribution in [1.29, 1.82) is 0 Å². The van der Waals surface area contributed by atoms with Crippen LogP contribution < -0.4 is 5.73 Å². The van der Waals surface area contributed by atoms with Crippen LogP contribution in [-0.2, 0) is 19.4 Å². The standard InChI is InChI=1S/C18H25N3/c1-4-16(19)10-18-12(2)20-21(13(18)3)11-15-9-14-7-5-6-8-17(14)15/h5-8,15-16H,4,9-11,19H2,1-3H3. The first-order valence-electron chi connectivity index (χ1n) is 7.96. The average Bonchev–Trinajstić information content (AvgIpc) is 2.72. The van der Waals surface area contributed by atoms with Crippen LogP contribution >= 0.6 is 0 Å². The lowest BCUT2D eigenvalue weighted by Crippen LogP contribution is -2.23. The largest absolute Gasteiger partial charge is 0.327 e. The second kappa shape index (κ2) is 5.64. The lowest BCUT2D eigenvalue weighted by molar-refractivity contribution is 0.465. The molecular formula is C18H25N3. The van der Waals surface area contributed by atoms with Gasteiger partial charge in [0.05, 0.1) is 5.69 Å². The smallest absolute Gasteiger partial charge is 0.0629 e. The fourth-order valence-corrected chi connectivity index (χ4v) is 3.35. The summed E-state index contributed by atoms with van der Waals surface area (Å²) in [5, 5.41) is 4.75. The van der Waals surface area contributed by atoms with Crippen LogP contribution in [0.15, 0.2) is 24.3 Å². The quantitative estimate of drug-likeness (QED) is 0.916. The zero-order valence-electron chi connectivity index (χ0n) is 13.3. The first kappa shape index (κ1) is 14.3. The number of nitrogens with zero attached hydrogens (tertiary/aromatic N) is 2. The molecule has 3 rings (SSSR count). The van der Waals surface area contributed by atoms with Crippen molar-refractivity contribution in [3.63, 3.8) is 0 Å². The Hall–Kier alpha value is -1.61. The van der Waals surface area contributed by atoms with Gasteiger partial charge in [-0.15, -0.1) is 0 Å². The first-order chi connectivity index (χ1) is 10.1. The molecule has 0 bridgehead atoms. The monoisotopic (exact) mass is 283 g/mol. The Morgan fingerprint density at radius 1 is 1.33 bits per heavy atom. The minimum absolute atomic E-state index is 0.240. The zero-order chi connectivity index (χ0) is 15.0. The fraction of sp³-hybridized carbons (Fsp3) is 0.500. The summed E-state index contributed by atoms with van der Waals surface area (Å²) in [5.74, 6) is 0.617. The Morgan fingerprint density at radius 3 is 2.81 bits per heavy atom. The molecule has 3 heteroatoms. The van der Waals surface area contributed by atoms with Crippen LogP contribution in [0.1, 0.15) is 47.3 Å². The van der Waals surface area contributed by atoms with Gasteiger partial charge in [-0.3, -0.25) is 4.68 Å². The molecule has 0 saturated carbocycles. The van der Waals surface area contributed by atoms with Crippen molar-refractivity contribution in [3.05, 3.63) is 52.3 Å². The molecule has 0 aliphatic heterocycles. The van der Waals surface area contributed by atoms with E-state index in [2.05, 4.69) is 49.7 Å². The predicted octanol–water partition coefficient (Wildman–Crippen LogP) is 3.12. The van der Waals surface area contributed by atoms with Gasteiger partial charge in [0.2, 0.25) is 0 Å². The minimum atomic E-state index is 0.240. The van der Waals surface area contributed by atoms with Crippen molar-refractivity contribution < 1.29 is 0 Å². The third-order valence-electron chi connectivity index (χ3n) is 4.88. The van der Waals surface area contributed by atoms with Crippen LogP contribution in [0.2, 0.25) is 0 Å². The topological polar surface area (TPSA) is 43.8 Å². The Balaban J connectivity index is 1.77. The molecule has 112 valence electrons. The maximum atomic E-state index is 6.12.